The molecule has 0 fully saturated rings. The van der Waals surface area contributed by atoms with E-state index in [2.05, 4.69) is 15.5 Å². The van der Waals surface area contributed by atoms with E-state index in [4.69, 9.17) is 9.26 Å². The molecule has 20 heavy (non-hydrogen) atoms. The number of hydrogen-bond acceptors (Lipinski definition) is 6. The molecule has 0 radical (unpaired) electrons. The van der Waals surface area contributed by atoms with E-state index in [1.807, 2.05) is 0 Å². The summed E-state index contributed by atoms with van der Waals surface area (Å²) in [6.45, 7) is 4.02. The Morgan fingerprint density at radius 1 is 1.45 bits per heavy atom. The summed E-state index contributed by atoms with van der Waals surface area (Å²) in [7, 11) is 1.55. The molecule has 0 atom stereocenters. The standard InChI is InChI=1S/C12H16N4O4/c1-7-10-11(20-15-7)14-8(2)16(12(10)18)6-9(17)13-4-5-19-3/h4-6H2,1-3H3,(H,13,17). The number of ether oxygens (including phenoxy) is 1. The van der Waals surface area contributed by atoms with Crippen LogP contribution in [-0.4, -0.2) is 40.9 Å². The number of carbonyl (C=O) groups is 1. The van der Waals surface area contributed by atoms with Gasteiger partial charge >= 0.3 is 0 Å². The van der Waals surface area contributed by atoms with Crippen LogP contribution in [0, 0.1) is 13.8 Å². The Bertz CT molecular complexity index is 689. The minimum Gasteiger partial charge on any atom is -0.383 e. The Hall–Kier alpha value is -2.22. The van der Waals surface area contributed by atoms with Crippen molar-refractivity contribution in [3.8, 4) is 0 Å². The lowest BCUT2D eigenvalue weighted by Gasteiger charge is -2.09. The predicted molar refractivity (Wildman–Crippen MR) is 70.4 cm³/mol. The number of nitrogens with zero attached hydrogens (tertiary/aromatic N) is 3. The van der Waals surface area contributed by atoms with Crippen LogP contribution in [0.3, 0.4) is 0 Å². The Morgan fingerprint density at radius 3 is 2.90 bits per heavy atom. The van der Waals surface area contributed by atoms with Crippen LogP contribution in [-0.2, 0) is 16.1 Å². The Kier molecular flexibility index (Phi) is 4.14. The third-order valence-corrected chi connectivity index (χ3v) is 2.89. The van der Waals surface area contributed by atoms with E-state index in [1.54, 1.807) is 21.0 Å². The van der Waals surface area contributed by atoms with E-state index < -0.39 is 0 Å². The van der Waals surface area contributed by atoms with Crippen molar-refractivity contribution < 1.29 is 14.1 Å². The second kappa shape index (κ2) is 5.83. The Labute approximate surface area is 114 Å². The highest BCUT2D eigenvalue weighted by Gasteiger charge is 2.16. The number of rotatable bonds is 5. The van der Waals surface area contributed by atoms with Crippen LogP contribution in [0.4, 0.5) is 0 Å². The normalized spacial score (nSPS) is 10.9. The molecule has 2 heterocycles. The molecule has 1 N–H and O–H groups in total. The predicted octanol–water partition coefficient (Wildman–Crippen LogP) is -0.236. The van der Waals surface area contributed by atoms with E-state index in [9.17, 15) is 9.59 Å². The van der Waals surface area contributed by atoms with Crippen LogP contribution in [0.25, 0.3) is 11.1 Å². The maximum absolute atomic E-state index is 12.3. The monoisotopic (exact) mass is 280 g/mol. The highest BCUT2D eigenvalue weighted by Crippen LogP contribution is 2.11. The van der Waals surface area contributed by atoms with Gasteiger partial charge in [-0.2, -0.15) is 4.98 Å². The van der Waals surface area contributed by atoms with E-state index >= 15 is 0 Å². The summed E-state index contributed by atoms with van der Waals surface area (Å²) < 4.78 is 11.1. The maximum atomic E-state index is 12.3. The fourth-order valence-electron chi connectivity index (χ4n) is 1.85. The molecule has 0 aromatic carbocycles. The molecule has 0 unspecified atom stereocenters. The van der Waals surface area contributed by atoms with E-state index in [-0.39, 0.29) is 23.7 Å². The van der Waals surface area contributed by atoms with Gasteiger partial charge in [0.2, 0.25) is 5.91 Å². The van der Waals surface area contributed by atoms with Crippen molar-refractivity contribution >= 4 is 17.0 Å². The van der Waals surface area contributed by atoms with Crippen molar-refractivity contribution in [3.05, 3.63) is 21.9 Å². The van der Waals surface area contributed by atoms with Crippen LogP contribution in [0.15, 0.2) is 9.32 Å². The minimum absolute atomic E-state index is 0.0953. The Morgan fingerprint density at radius 2 is 2.20 bits per heavy atom. The summed E-state index contributed by atoms with van der Waals surface area (Å²) in [5.41, 5.74) is 0.334. The number of fused-ring (bicyclic) bond motifs is 1. The molecule has 8 heteroatoms. The van der Waals surface area contributed by atoms with E-state index in [0.29, 0.717) is 30.1 Å². The summed E-state index contributed by atoms with van der Waals surface area (Å²) in [6, 6.07) is 0. The van der Waals surface area contributed by atoms with Crippen LogP contribution >= 0.6 is 0 Å². The fourth-order valence-corrected chi connectivity index (χ4v) is 1.85. The summed E-state index contributed by atoms with van der Waals surface area (Å²) in [5.74, 6) is 0.128. The number of hydrogen-bond donors (Lipinski definition) is 1. The highest BCUT2D eigenvalue weighted by molar-refractivity contribution is 5.77. The molecular formula is C12H16N4O4. The van der Waals surface area contributed by atoms with Crippen molar-refractivity contribution in [1.29, 1.82) is 0 Å². The molecule has 0 aliphatic heterocycles. The molecule has 0 spiro atoms. The van der Waals surface area contributed by atoms with Gasteiger partial charge in [-0.25, -0.2) is 0 Å². The molecule has 1 amide bonds. The smallest absolute Gasteiger partial charge is 0.267 e. The number of carbonyl (C=O) groups excluding carboxylic acids is 1. The van der Waals surface area contributed by atoms with Crippen molar-refractivity contribution in [1.82, 2.24) is 20.0 Å². The quantitative estimate of drug-likeness (QED) is 0.759. The SMILES string of the molecule is COCCNC(=O)Cn1c(C)nc2onc(C)c2c1=O. The highest BCUT2D eigenvalue weighted by atomic mass is 16.5. The zero-order valence-corrected chi connectivity index (χ0v) is 11.6. The van der Waals surface area contributed by atoms with Gasteiger partial charge in [0, 0.05) is 13.7 Å². The molecule has 0 saturated heterocycles. The van der Waals surface area contributed by atoms with Gasteiger partial charge < -0.3 is 14.6 Å². The van der Waals surface area contributed by atoms with Crippen LogP contribution in [0.5, 0.6) is 0 Å². The first-order valence-electron chi connectivity index (χ1n) is 6.13. The van der Waals surface area contributed by atoms with Crippen molar-refractivity contribution in [2.45, 2.75) is 20.4 Å². The number of nitrogens with one attached hydrogen (secondary N) is 1. The topological polar surface area (TPSA) is 99.2 Å². The third kappa shape index (κ3) is 2.69. The number of aromatic nitrogens is 3. The maximum Gasteiger partial charge on any atom is 0.267 e. The largest absolute Gasteiger partial charge is 0.383 e. The first kappa shape index (κ1) is 14.2. The minimum atomic E-state index is -0.326. The Balaban J connectivity index is 2.28. The summed E-state index contributed by atoms with van der Waals surface area (Å²) in [5, 5.41) is 6.67. The van der Waals surface area contributed by atoms with Crippen molar-refractivity contribution in [2.24, 2.45) is 0 Å². The third-order valence-electron chi connectivity index (χ3n) is 2.89. The lowest BCUT2D eigenvalue weighted by molar-refractivity contribution is -0.121. The first-order valence-corrected chi connectivity index (χ1v) is 6.13. The van der Waals surface area contributed by atoms with E-state index in [0.717, 1.165) is 0 Å². The van der Waals surface area contributed by atoms with E-state index in [1.165, 1.54) is 4.57 Å². The molecule has 0 aliphatic rings. The average molecular weight is 280 g/mol. The second-order valence-electron chi connectivity index (χ2n) is 4.34. The molecule has 0 aliphatic carbocycles. The fraction of sp³-hybridized carbons (Fsp3) is 0.500. The molecule has 8 nitrogen and oxygen atoms in total. The van der Waals surface area contributed by atoms with Crippen molar-refractivity contribution in [2.75, 3.05) is 20.3 Å². The zero-order chi connectivity index (χ0) is 14.7. The number of aryl methyl sites for hydroxylation is 2. The van der Waals surface area contributed by atoms with Crippen LogP contribution in [0.1, 0.15) is 11.5 Å². The van der Waals surface area contributed by atoms with Gasteiger partial charge in [0.15, 0.2) is 0 Å². The lowest BCUT2D eigenvalue weighted by atomic mass is 10.3. The number of amides is 1. The lowest BCUT2D eigenvalue weighted by Crippen LogP contribution is -2.35. The average Bonchev–Trinajstić information content (AvgIpc) is 2.76. The van der Waals surface area contributed by atoms with Gasteiger partial charge in [-0.15, -0.1) is 0 Å². The van der Waals surface area contributed by atoms with Gasteiger partial charge in [0.05, 0.1) is 12.3 Å². The van der Waals surface area contributed by atoms with Gasteiger partial charge in [-0.05, 0) is 13.8 Å². The first-order chi connectivity index (χ1) is 9.54. The van der Waals surface area contributed by atoms with Crippen molar-refractivity contribution in [3.63, 3.8) is 0 Å². The summed E-state index contributed by atoms with van der Waals surface area (Å²) in [6.07, 6.45) is 0. The molecule has 0 saturated carbocycles. The van der Waals surface area contributed by atoms with Crippen LogP contribution in [0.2, 0.25) is 0 Å². The molecule has 2 rings (SSSR count). The summed E-state index contributed by atoms with van der Waals surface area (Å²) >= 11 is 0. The molecule has 0 bridgehead atoms. The molecular weight excluding hydrogens is 264 g/mol. The van der Waals surface area contributed by atoms with Gasteiger partial charge in [0.1, 0.15) is 17.8 Å². The molecule has 108 valence electrons. The van der Waals surface area contributed by atoms with Gasteiger partial charge in [0.25, 0.3) is 11.3 Å². The zero-order valence-electron chi connectivity index (χ0n) is 11.6. The molecule has 2 aromatic heterocycles. The molecule has 2 aromatic rings. The second-order valence-corrected chi connectivity index (χ2v) is 4.34. The summed E-state index contributed by atoms with van der Waals surface area (Å²) in [4.78, 5) is 28.2. The number of methoxy groups -OCH3 is 1. The van der Waals surface area contributed by atoms with Gasteiger partial charge in [-0.1, -0.05) is 5.16 Å². The van der Waals surface area contributed by atoms with Gasteiger partial charge in [-0.3, -0.25) is 14.2 Å². The van der Waals surface area contributed by atoms with Crippen LogP contribution < -0.4 is 10.9 Å².